The lowest BCUT2D eigenvalue weighted by molar-refractivity contribution is -0.126. The van der Waals surface area contributed by atoms with Crippen LogP contribution in [-0.4, -0.2) is 34.3 Å². The van der Waals surface area contributed by atoms with E-state index in [-0.39, 0.29) is 11.8 Å². The average molecular weight is 479 g/mol. The van der Waals surface area contributed by atoms with Crippen molar-refractivity contribution in [3.8, 4) is 0 Å². The molecule has 1 saturated heterocycles. The van der Waals surface area contributed by atoms with E-state index < -0.39 is 6.04 Å². The van der Waals surface area contributed by atoms with E-state index in [0.29, 0.717) is 46.1 Å². The zero-order valence-corrected chi connectivity index (χ0v) is 18.8. The molecule has 1 aliphatic rings. The van der Waals surface area contributed by atoms with Crippen LogP contribution in [0.1, 0.15) is 35.5 Å². The van der Waals surface area contributed by atoms with Gasteiger partial charge in [-0.1, -0.05) is 23.2 Å². The van der Waals surface area contributed by atoms with Crippen LogP contribution in [0.4, 0.5) is 10.8 Å². The van der Waals surface area contributed by atoms with Crippen molar-refractivity contribution in [1.82, 2.24) is 15.2 Å². The molecule has 1 unspecified atom stereocenters. The number of carbonyl (C=O) groups is 2. The number of nitrogens with one attached hydrogen (secondary N) is 2. The molecular weight excluding hydrogens is 459 g/mol. The topological polar surface area (TPSA) is 87.5 Å². The molecule has 162 valence electrons. The molecule has 2 amide bonds. The molecule has 0 saturated carbocycles. The van der Waals surface area contributed by atoms with E-state index >= 15 is 0 Å². The number of amides is 2. The number of furan rings is 1. The summed E-state index contributed by atoms with van der Waals surface area (Å²) in [7, 11) is 0. The van der Waals surface area contributed by atoms with E-state index in [1.165, 1.54) is 11.3 Å². The highest BCUT2D eigenvalue weighted by atomic mass is 35.5. The molecule has 1 aromatic carbocycles. The first-order valence-electron chi connectivity index (χ1n) is 9.80. The molecule has 10 heteroatoms. The summed E-state index contributed by atoms with van der Waals surface area (Å²) in [6, 6.07) is 8.19. The van der Waals surface area contributed by atoms with E-state index in [1.807, 2.05) is 0 Å². The van der Waals surface area contributed by atoms with Crippen molar-refractivity contribution in [2.24, 2.45) is 0 Å². The number of rotatable bonds is 6. The van der Waals surface area contributed by atoms with Gasteiger partial charge in [-0.15, -0.1) is 11.3 Å². The first-order chi connectivity index (χ1) is 15.0. The molecule has 1 atom stereocenters. The Labute approximate surface area is 193 Å². The summed E-state index contributed by atoms with van der Waals surface area (Å²) in [6.45, 7) is 0.809. The van der Waals surface area contributed by atoms with Gasteiger partial charge in [0.15, 0.2) is 5.13 Å². The van der Waals surface area contributed by atoms with Crippen molar-refractivity contribution >= 4 is 57.2 Å². The molecule has 1 aliphatic heterocycles. The number of aromatic nitrogens is 1. The summed E-state index contributed by atoms with van der Waals surface area (Å²) in [4.78, 5) is 31.9. The van der Waals surface area contributed by atoms with Crippen molar-refractivity contribution < 1.29 is 14.0 Å². The van der Waals surface area contributed by atoms with E-state index in [4.69, 9.17) is 27.6 Å². The van der Waals surface area contributed by atoms with Gasteiger partial charge in [0, 0.05) is 17.6 Å². The number of piperidine rings is 1. The predicted octanol–water partition coefficient (Wildman–Crippen LogP) is 5.10. The van der Waals surface area contributed by atoms with Crippen molar-refractivity contribution in [3.63, 3.8) is 0 Å². The van der Waals surface area contributed by atoms with Crippen LogP contribution in [0.25, 0.3) is 0 Å². The van der Waals surface area contributed by atoms with Gasteiger partial charge in [0.1, 0.15) is 17.5 Å². The van der Waals surface area contributed by atoms with E-state index in [1.54, 1.807) is 46.9 Å². The highest BCUT2D eigenvalue weighted by Gasteiger charge is 2.33. The summed E-state index contributed by atoms with van der Waals surface area (Å²) in [5.41, 5.74) is 1.02. The number of likely N-dealkylation sites (tertiary alicyclic amines) is 1. The van der Waals surface area contributed by atoms with Gasteiger partial charge in [0.05, 0.1) is 22.9 Å². The fraction of sp³-hybridized carbons (Fsp3) is 0.286. The van der Waals surface area contributed by atoms with Crippen LogP contribution < -0.4 is 10.6 Å². The number of nitrogens with zero attached hydrogens (tertiary/aromatic N) is 2. The van der Waals surface area contributed by atoms with Crippen molar-refractivity contribution in [1.29, 1.82) is 0 Å². The standard InChI is InChI=1S/C21H20Cl2N4O3S/c22-15-7-6-13(10-16(15)23)25-21-26-17(12-31-21)20(29)27-8-2-1-5-18(27)19(28)24-11-14-4-3-9-30-14/h3-4,6-7,9-10,12,18H,1-2,5,8,11H2,(H,24,28)(H,25,26). The highest BCUT2D eigenvalue weighted by Crippen LogP contribution is 2.29. The van der Waals surface area contributed by atoms with E-state index in [2.05, 4.69) is 15.6 Å². The SMILES string of the molecule is O=C(NCc1ccco1)C1CCCCN1C(=O)c1csc(Nc2ccc(Cl)c(Cl)c2)n1. The van der Waals surface area contributed by atoms with Gasteiger partial charge in [0.2, 0.25) is 5.91 Å². The Hall–Kier alpha value is -2.55. The van der Waals surface area contributed by atoms with Crippen LogP contribution in [-0.2, 0) is 11.3 Å². The zero-order chi connectivity index (χ0) is 21.8. The normalized spacial score (nSPS) is 16.2. The van der Waals surface area contributed by atoms with Crippen LogP contribution in [0.15, 0.2) is 46.4 Å². The molecule has 4 rings (SSSR count). The maximum Gasteiger partial charge on any atom is 0.274 e. The molecule has 1 fully saturated rings. The Bertz CT molecular complexity index is 1070. The number of anilines is 2. The number of hydrogen-bond acceptors (Lipinski definition) is 6. The summed E-state index contributed by atoms with van der Waals surface area (Å²) >= 11 is 13.3. The Balaban J connectivity index is 1.43. The van der Waals surface area contributed by atoms with Crippen molar-refractivity contribution in [2.45, 2.75) is 31.8 Å². The molecule has 0 aliphatic carbocycles. The second kappa shape index (κ2) is 9.72. The van der Waals surface area contributed by atoms with Crippen LogP contribution in [0.2, 0.25) is 10.0 Å². The second-order valence-corrected chi connectivity index (χ2v) is 8.77. The van der Waals surface area contributed by atoms with Crippen LogP contribution >= 0.6 is 34.5 Å². The minimum absolute atomic E-state index is 0.186. The largest absolute Gasteiger partial charge is 0.467 e. The summed E-state index contributed by atoms with van der Waals surface area (Å²) in [5.74, 6) is 0.227. The smallest absolute Gasteiger partial charge is 0.274 e. The summed E-state index contributed by atoms with van der Waals surface area (Å²) in [6.07, 6.45) is 3.92. The van der Waals surface area contributed by atoms with E-state index in [9.17, 15) is 9.59 Å². The maximum absolute atomic E-state index is 13.1. The Morgan fingerprint density at radius 3 is 2.87 bits per heavy atom. The molecule has 2 aromatic heterocycles. The number of thiazole rings is 1. The third-order valence-electron chi connectivity index (χ3n) is 4.98. The summed E-state index contributed by atoms with van der Waals surface area (Å²) < 4.78 is 5.25. The Morgan fingerprint density at radius 2 is 2.10 bits per heavy atom. The fourth-order valence-electron chi connectivity index (χ4n) is 3.43. The lowest BCUT2D eigenvalue weighted by atomic mass is 10.0. The van der Waals surface area contributed by atoms with Gasteiger partial charge in [-0.05, 0) is 49.6 Å². The molecule has 2 N–H and O–H groups in total. The molecule has 3 heterocycles. The number of benzene rings is 1. The first-order valence-corrected chi connectivity index (χ1v) is 11.4. The minimum atomic E-state index is -0.524. The Morgan fingerprint density at radius 1 is 1.23 bits per heavy atom. The van der Waals surface area contributed by atoms with Gasteiger partial charge in [-0.25, -0.2) is 4.98 Å². The third-order valence-corrected chi connectivity index (χ3v) is 6.47. The Kier molecular flexibility index (Phi) is 6.80. The summed E-state index contributed by atoms with van der Waals surface area (Å²) in [5, 5.41) is 9.11. The van der Waals surface area contributed by atoms with Crippen LogP contribution in [0.5, 0.6) is 0 Å². The van der Waals surface area contributed by atoms with Crippen molar-refractivity contribution in [3.05, 3.63) is 63.5 Å². The predicted molar refractivity (Wildman–Crippen MR) is 121 cm³/mol. The van der Waals surface area contributed by atoms with Gasteiger partial charge in [-0.2, -0.15) is 0 Å². The first kappa shape index (κ1) is 21.7. The second-order valence-electron chi connectivity index (χ2n) is 7.10. The molecule has 3 aromatic rings. The molecule has 0 radical (unpaired) electrons. The highest BCUT2D eigenvalue weighted by molar-refractivity contribution is 7.14. The van der Waals surface area contributed by atoms with Gasteiger partial charge >= 0.3 is 0 Å². The third kappa shape index (κ3) is 5.20. The lowest BCUT2D eigenvalue weighted by Crippen LogP contribution is -2.51. The number of halogens is 2. The van der Waals surface area contributed by atoms with Gasteiger partial charge in [0.25, 0.3) is 5.91 Å². The average Bonchev–Trinajstić information content (AvgIpc) is 3.46. The quantitative estimate of drug-likeness (QED) is 0.514. The number of carbonyl (C=O) groups excluding carboxylic acids is 2. The van der Waals surface area contributed by atoms with Gasteiger partial charge in [-0.3, -0.25) is 9.59 Å². The fourth-order valence-corrected chi connectivity index (χ4v) is 4.43. The van der Waals surface area contributed by atoms with Gasteiger partial charge < -0.3 is 20.0 Å². The molecule has 0 spiro atoms. The number of hydrogen-bond donors (Lipinski definition) is 2. The molecule has 7 nitrogen and oxygen atoms in total. The maximum atomic E-state index is 13.1. The van der Waals surface area contributed by atoms with E-state index in [0.717, 1.165) is 18.5 Å². The van der Waals surface area contributed by atoms with Crippen LogP contribution in [0.3, 0.4) is 0 Å². The minimum Gasteiger partial charge on any atom is -0.467 e. The lowest BCUT2D eigenvalue weighted by Gasteiger charge is -2.34. The monoisotopic (exact) mass is 478 g/mol. The zero-order valence-electron chi connectivity index (χ0n) is 16.4. The van der Waals surface area contributed by atoms with Crippen LogP contribution in [0, 0.1) is 0 Å². The molecule has 0 bridgehead atoms. The molecular formula is C21H20Cl2N4O3S. The molecule has 31 heavy (non-hydrogen) atoms. The van der Waals surface area contributed by atoms with Crippen molar-refractivity contribution in [2.75, 3.05) is 11.9 Å².